The van der Waals surface area contributed by atoms with Crippen molar-refractivity contribution in [2.75, 3.05) is 26.2 Å². The predicted molar refractivity (Wildman–Crippen MR) is 148 cm³/mol. The topological polar surface area (TPSA) is 84.2 Å². The molecule has 0 unspecified atom stereocenters. The largest absolute Gasteiger partial charge is 0.348 e. The van der Waals surface area contributed by atoms with Crippen LogP contribution in [-0.4, -0.2) is 66.7 Å². The summed E-state index contributed by atoms with van der Waals surface area (Å²) in [5.41, 5.74) is 3.74. The number of aromatic nitrogens is 4. The van der Waals surface area contributed by atoms with Crippen molar-refractivity contribution in [3.05, 3.63) is 93.7 Å². The number of H-pyrrole nitrogens is 2. The molecule has 1 amide bonds. The predicted octanol–water partition coefficient (Wildman–Crippen LogP) is 4.44. The van der Waals surface area contributed by atoms with Crippen molar-refractivity contribution >= 4 is 17.2 Å². The van der Waals surface area contributed by atoms with Crippen LogP contribution in [0.5, 0.6) is 0 Å². The molecule has 6 rings (SSSR count). The van der Waals surface area contributed by atoms with Crippen LogP contribution in [0, 0.1) is 12.3 Å². The van der Waals surface area contributed by atoms with Crippen LogP contribution in [0.3, 0.4) is 0 Å². The monoisotopic (exact) mass is 529 g/mol. The van der Waals surface area contributed by atoms with Crippen LogP contribution in [0.4, 0.5) is 0 Å². The summed E-state index contributed by atoms with van der Waals surface area (Å²) >= 11 is 1.86. The van der Waals surface area contributed by atoms with Gasteiger partial charge in [0.05, 0.1) is 13.1 Å². The van der Waals surface area contributed by atoms with E-state index in [1.54, 1.807) is 12.4 Å². The number of piperidine rings is 1. The number of carbonyl (C=O) groups excluding carboxylic acids is 1. The summed E-state index contributed by atoms with van der Waals surface area (Å²) < 4.78 is 0. The van der Waals surface area contributed by atoms with Crippen LogP contribution in [0.1, 0.15) is 50.9 Å². The molecule has 0 bridgehead atoms. The highest BCUT2D eigenvalue weighted by molar-refractivity contribution is 7.10. The number of amides is 1. The number of benzene rings is 1. The van der Waals surface area contributed by atoms with E-state index in [-0.39, 0.29) is 5.91 Å². The van der Waals surface area contributed by atoms with Crippen LogP contribution in [-0.2, 0) is 26.2 Å². The molecule has 1 spiro atoms. The highest BCUT2D eigenvalue weighted by atomic mass is 32.1. The number of nitrogens with zero attached hydrogens (tertiary/aromatic N) is 5. The third-order valence-corrected chi connectivity index (χ3v) is 9.04. The molecule has 0 aliphatic carbocycles. The molecule has 8 nitrogen and oxygen atoms in total. The highest BCUT2D eigenvalue weighted by Crippen LogP contribution is 2.41. The van der Waals surface area contributed by atoms with Crippen molar-refractivity contribution in [3.8, 4) is 0 Å². The van der Waals surface area contributed by atoms with Gasteiger partial charge in [0.2, 0.25) is 0 Å². The first kappa shape index (κ1) is 25.0. The number of aryl methyl sites for hydroxylation is 1. The second-order valence-electron chi connectivity index (χ2n) is 10.9. The lowest BCUT2D eigenvalue weighted by atomic mass is 9.72. The maximum atomic E-state index is 13.3. The number of hydrogen-bond acceptors (Lipinski definition) is 6. The third-order valence-electron chi connectivity index (χ3n) is 8.03. The van der Waals surface area contributed by atoms with Gasteiger partial charge in [-0.15, -0.1) is 11.3 Å². The Hall–Kier alpha value is -3.27. The molecule has 3 aromatic heterocycles. The number of thiophene rings is 1. The molecular weight excluding hydrogens is 494 g/mol. The van der Waals surface area contributed by atoms with E-state index >= 15 is 0 Å². The fraction of sp³-hybridized carbons (Fsp3) is 0.414. The lowest BCUT2D eigenvalue weighted by Crippen LogP contribution is -2.60. The average molecular weight is 530 g/mol. The summed E-state index contributed by atoms with van der Waals surface area (Å²) in [5, 5.41) is 2.19. The molecule has 4 aromatic rings. The van der Waals surface area contributed by atoms with Gasteiger partial charge in [0.25, 0.3) is 5.91 Å². The molecule has 198 valence electrons. The second kappa shape index (κ2) is 10.8. The highest BCUT2D eigenvalue weighted by Gasteiger charge is 2.45. The van der Waals surface area contributed by atoms with E-state index in [0.29, 0.717) is 18.5 Å². The van der Waals surface area contributed by atoms with Gasteiger partial charge in [0.15, 0.2) is 0 Å². The maximum Gasteiger partial charge on any atom is 0.253 e. The van der Waals surface area contributed by atoms with Crippen molar-refractivity contribution < 1.29 is 4.79 Å². The second-order valence-corrected chi connectivity index (χ2v) is 11.9. The normalized spacial score (nSPS) is 17.3. The van der Waals surface area contributed by atoms with Gasteiger partial charge in [-0.2, -0.15) is 0 Å². The fourth-order valence-corrected chi connectivity index (χ4v) is 6.78. The van der Waals surface area contributed by atoms with E-state index in [4.69, 9.17) is 0 Å². The SMILES string of the molecule is Cc1ccsc1CN1CC2(CCN(C(=O)c3ccc(CN(Cc4ncc[nH]4)Cc4ncc[nH]4)cc3)CC2)C1. The van der Waals surface area contributed by atoms with E-state index in [9.17, 15) is 4.79 Å². The molecule has 5 heterocycles. The molecule has 2 fully saturated rings. The molecule has 9 heteroatoms. The molecular formula is C29H35N7OS. The minimum Gasteiger partial charge on any atom is -0.348 e. The zero-order valence-corrected chi connectivity index (χ0v) is 22.7. The lowest BCUT2D eigenvalue weighted by molar-refractivity contribution is -0.0461. The van der Waals surface area contributed by atoms with Gasteiger partial charge in [-0.05, 0) is 59.9 Å². The molecule has 2 saturated heterocycles. The molecule has 1 aromatic carbocycles. The molecule has 0 saturated carbocycles. The Kier molecular flexibility index (Phi) is 7.14. The Bertz CT molecular complexity index is 1280. The van der Waals surface area contributed by atoms with Gasteiger partial charge >= 0.3 is 0 Å². The van der Waals surface area contributed by atoms with Gasteiger partial charge in [-0.25, -0.2) is 9.97 Å². The first-order chi connectivity index (χ1) is 18.6. The van der Waals surface area contributed by atoms with Gasteiger partial charge in [-0.1, -0.05) is 12.1 Å². The minimum absolute atomic E-state index is 0.153. The number of likely N-dealkylation sites (tertiary alicyclic amines) is 2. The number of carbonyl (C=O) groups is 1. The molecule has 2 aliphatic rings. The molecule has 2 N–H and O–H groups in total. The van der Waals surface area contributed by atoms with Crippen molar-refractivity contribution in [3.63, 3.8) is 0 Å². The van der Waals surface area contributed by atoms with E-state index < -0.39 is 0 Å². The van der Waals surface area contributed by atoms with Crippen molar-refractivity contribution in [2.45, 2.75) is 45.9 Å². The summed E-state index contributed by atoms with van der Waals surface area (Å²) in [6, 6.07) is 10.3. The van der Waals surface area contributed by atoms with Crippen molar-refractivity contribution in [2.24, 2.45) is 5.41 Å². The third kappa shape index (κ3) is 5.60. The zero-order valence-electron chi connectivity index (χ0n) is 21.9. The summed E-state index contributed by atoms with van der Waals surface area (Å²) in [6.07, 6.45) is 9.44. The lowest BCUT2D eigenvalue weighted by Gasteiger charge is -2.54. The summed E-state index contributed by atoms with van der Waals surface area (Å²) in [5.74, 6) is 1.99. The van der Waals surface area contributed by atoms with Gasteiger partial charge in [0, 0.05) is 74.5 Å². The zero-order chi connectivity index (χ0) is 26.0. The Labute approximate surface area is 227 Å². The standard InChI is InChI=1S/C29H35N7OS/c1-22-6-15-38-25(22)17-35-20-29(21-35)7-13-36(14-8-29)28(37)24-4-2-23(3-5-24)16-34(18-26-30-9-10-31-26)19-27-32-11-12-33-27/h2-6,9-12,15H,7-8,13-14,16-21H2,1H3,(H,30,31)(H,32,33). The smallest absolute Gasteiger partial charge is 0.253 e. The van der Waals surface area contributed by atoms with Gasteiger partial charge in [-0.3, -0.25) is 14.6 Å². The molecule has 0 atom stereocenters. The Morgan fingerprint density at radius 3 is 2.18 bits per heavy atom. The fourth-order valence-electron chi connectivity index (χ4n) is 5.84. The first-order valence-corrected chi connectivity index (χ1v) is 14.3. The number of nitrogens with one attached hydrogen (secondary N) is 2. The molecule has 38 heavy (non-hydrogen) atoms. The summed E-state index contributed by atoms with van der Waals surface area (Å²) in [6.45, 7) is 9.42. The Balaban J connectivity index is 1.02. The quantitative estimate of drug-likeness (QED) is 0.335. The van der Waals surface area contributed by atoms with Crippen LogP contribution >= 0.6 is 11.3 Å². The van der Waals surface area contributed by atoms with E-state index in [2.05, 4.69) is 60.2 Å². The van der Waals surface area contributed by atoms with E-state index in [1.807, 2.05) is 40.8 Å². The van der Waals surface area contributed by atoms with Crippen LogP contribution < -0.4 is 0 Å². The number of aromatic amines is 2. The average Bonchev–Trinajstić information content (AvgIpc) is 3.69. The number of imidazole rings is 2. The van der Waals surface area contributed by atoms with Gasteiger partial charge in [0.1, 0.15) is 11.6 Å². The minimum atomic E-state index is 0.153. The summed E-state index contributed by atoms with van der Waals surface area (Å²) in [4.78, 5) is 36.8. The van der Waals surface area contributed by atoms with Crippen molar-refractivity contribution in [1.29, 1.82) is 0 Å². The van der Waals surface area contributed by atoms with Crippen LogP contribution in [0.25, 0.3) is 0 Å². The van der Waals surface area contributed by atoms with Gasteiger partial charge < -0.3 is 14.9 Å². The van der Waals surface area contributed by atoms with Crippen LogP contribution in [0.2, 0.25) is 0 Å². The van der Waals surface area contributed by atoms with E-state index in [1.165, 1.54) is 10.4 Å². The number of rotatable bonds is 9. The van der Waals surface area contributed by atoms with Crippen molar-refractivity contribution in [1.82, 2.24) is 34.6 Å². The Morgan fingerprint density at radius 2 is 1.63 bits per heavy atom. The molecule has 2 aliphatic heterocycles. The molecule has 0 radical (unpaired) electrons. The first-order valence-electron chi connectivity index (χ1n) is 13.4. The van der Waals surface area contributed by atoms with Crippen LogP contribution in [0.15, 0.2) is 60.5 Å². The number of hydrogen-bond donors (Lipinski definition) is 2. The Morgan fingerprint density at radius 1 is 0.974 bits per heavy atom. The summed E-state index contributed by atoms with van der Waals surface area (Å²) in [7, 11) is 0. The van der Waals surface area contributed by atoms with E-state index in [0.717, 1.165) is 74.9 Å². The maximum absolute atomic E-state index is 13.3.